The van der Waals surface area contributed by atoms with Crippen LogP contribution in [0.4, 0.5) is 0 Å². The summed E-state index contributed by atoms with van der Waals surface area (Å²) in [6.45, 7) is 0.655. The summed E-state index contributed by atoms with van der Waals surface area (Å²) in [6.07, 6.45) is 0.915. The molecule has 0 saturated heterocycles. The Bertz CT molecular complexity index is 472. The standard InChI is InChI=1S/C17H21NO2/c1-19-15-7-3-13(4-8-15)17(11-12-18)14-5-9-16(20-2)10-6-14/h3-10,17H,11-12,18H2,1-2H3. The van der Waals surface area contributed by atoms with E-state index in [2.05, 4.69) is 24.3 Å². The van der Waals surface area contributed by atoms with Gasteiger partial charge in [0, 0.05) is 5.92 Å². The van der Waals surface area contributed by atoms with Gasteiger partial charge in [-0.3, -0.25) is 0 Å². The van der Waals surface area contributed by atoms with Crippen molar-refractivity contribution in [3.8, 4) is 11.5 Å². The maximum atomic E-state index is 5.77. The highest BCUT2D eigenvalue weighted by Gasteiger charge is 2.13. The summed E-state index contributed by atoms with van der Waals surface area (Å²) in [6, 6.07) is 16.4. The normalized spacial score (nSPS) is 10.6. The van der Waals surface area contributed by atoms with E-state index in [-0.39, 0.29) is 0 Å². The Hall–Kier alpha value is -2.00. The average Bonchev–Trinajstić information content (AvgIpc) is 2.53. The molecule has 0 aromatic heterocycles. The molecule has 0 fully saturated rings. The van der Waals surface area contributed by atoms with Crippen molar-refractivity contribution in [2.45, 2.75) is 12.3 Å². The lowest BCUT2D eigenvalue weighted by atomic mass is 9.88. The molecule has 0 spiro atoms. The first-order valence-electron chi connectivity index (χ1n) is 6.76. The summed E-state index contributed by atoms with van der Waals surface area (Å²) < 4.78 is 10.4. The minimum Gasteiger partial charge on any atom is -0.497 e. The van der Waals surface area contributed by atoms with Gasteiger partial charge in [-0.25, -0.2) is 0 Å². The third-order valence-electron chi connectivity index (χ3n) is 3.49. The van der Waals surface area contributed by atoms with Gasteiger partial charge in [-0.15, -0.1) is 0 Å². The minimum absolute atomic E-state index is 0.303. The number of ether oxygens (including phenoxy) is 2. The first kappa shape index (κ1) is 14.4. The van der Waals surface area contributed by atoms with Gasteiger partial charge in [-0.1, -0.05) is 24.3 Å². The van der Waals surface area contributed by atoms with Crippen LogP contribution in [0.5, 0.6) is 11.5 Å². The number of benzene rings is 2. The molecule has 0 heterocycles. The van der Waals surface area contributed by atoms with Crippen molar-refractivity contribution in [1.82, 2.24) is 0 Å². The van der Waals surface area contributed by atoms with Crippen LogP contribution in [-0.2, 0) is 0 Å². The fraction of sp³-hybridized carbons (Fsp3) is 0.294. The van der Waals surface area contributed by atoms with Gasteiger partial charge in [-0.2, -0.15) is 0 Å². The van der Waals surface area contributed by atoms with Crippen molar-refractivity contribution in [1.29, 1.82) is 0 Å². The van der Waals surface area contributed by atoms with Crippen molar-refractivity contribution in [2.24, 2.45) is 5.73 Å². The summed E-state index contributed by atoms with van der Waals surface area (Å²) in [7, 11) is 3.35. The van der Waals surface area contributed by atoms with Crippen LogP contribution in [0.2, 0.25) is 0 Å². The fourth-order valence-corrected chi connectivity index (χ4v) is 2.36. The zero-order valence-electron chi connectivity index (χ0n) is 12.0. The summed E-state index contributed by atoms with van der Waals surface area (Å²) in [5.41, 5.74) is 8.27. The fourth-order valence-electron chi connectivity index (χ4n) is 2.36. The average molecular weight is 271 g/mol. The minimum atomic E-state index is 0.303. The number of methoxy groups -OCH3 is 2. The maximum absolute atomic E-state index is 5.77. The molecular formula is C17H21NO2. The molecule has 0 aliphatic carbocycles. The number of rotatable bonds is 6. The molecule has 0 saturated carbocycles. The largest absolute Gasteiger partial charge is 0.497 e. The van der Waals surface area contributed by atoms with Crippen molar-refractivity contribution in [3.63, 3.8) is 0 Å². The zero-order valence-corrected chi connectivity index (χ0v) is 12.0. The van der Waals surface area contributed by atoms with Crippen LogP contribution in [0.15, 0.2) is 48.5 Å². The molecule has 0 unspecified atom stereocenters. The second-order valence-corrected chi connectivity index (χ2v) is 4.68. The van der Waals surface area contributed by atoms with Crippen molar-refractivity contribution in [2.75, 3.05) is 20.8 Å². The van der Waals surface area contributed by atoms with E-state index in [1.165, 1.54) is 11.1 Å². The quantitative estimate of drug-likeness (QED) is 0.877. The predicted molar refractivity (Wildman–Crippen MR) is 81.5 cm³/mol. The van der Waals surface area contributed by atoms with E-state index < -0.39 is 0 Å². The van der Waals surface area contributed by atoms with Crippen LogP contribution in [0.3, 0.4) is 0 Å². The Labute approximate surface area is 120 Å². The highest BCUT2D eigenvalue weighted by Crippen LogP contribution is 2.30. The molecular weight excluding hydrogens is 250 g/mol. The third kappa shape index (κ3) is 3.31. The van der Waals surface area contributed by atoms with E-state index in [1.807, 2.05) is 24.3 Å². The topological polar surface area (TPSA) is 44.5 Å². The Balaban J connectivity index is 2.28. The molecule has 2 rings (SSSR count). The summed E-state index contributed by atoms with van der Waals surface area (Å²) in [5, 5.41) is 0. The molecule has 0 radical (unpaired) electrons. The van der Waals surface area contributed by atoms with E-state index in [9.17, 15) is 0 Å². The van der Waals surface area contributed by atoms with Gasteiger partial charge in [-0.05, 0) is 48.4 Å². The maximum Gasteiger partial charge on any atom is 0.118 e. The molecule has 3 heteroatoms. The highest BCUT2D eigenvalue weighted by molar-refractivity contribution is 5.38. The van der Waals surface area contributed by atoms with Gasteiger partial charge < -0.3 is 15.2 Å². The SMILES string of the molecule is COc1ccc(C(CCN)c2ccc(OC)cc2)cc1. The smallest absolute Gasteiger partial charge is 0.118 e. The molecule has 2 aromatic rings. The molecule has 20 heavy (non-hydrogen) atoms. The van der Waals surface area contributed by atoms with Crippen molar-refractivity contribution >= 4 is 0 Å². The monoisotopic (exact) mass is 271 g/mol. The molecule has 0 aliphatic heterocycles. The number of nitrogens with two attached hydrogens (primary N) is 1. The van der Waals surface area contributed by atoms with Crippen LogP contribution in [0, 0.1) is 0 Å². The number of hydrogen-bond donors (Lipinski definition) is 1. The lowest BCUT2D eigenvalue weighted by Crippen LogP contribution is -2.08. The van der Waals surface area contributed by atoms with Gasteiger partial charge in [0.1, 0.15) is 11.5 Å². The van der Waals surface area contributed by atoms with Gasteiger partial charge in [0.05, 0.1) is 14.2 Å². The van der Waals surface area contributed by atoms with Crippen LogP contribution >= 0.6 is 0 Å². The van der Waals surface area contributed by atoms with Crippen molar-refractivity contribution in [3.05, 3.63) is 59.7 Å². The van der Waals surface area contributed by atoms with Gasteiger partial charge in [0.15, 0.2) is 0 Å². The molecule has 0 atom stereocenters. The van der Waals surface area contributed by atoms with Crippen LogP contribution < -0.4 is 15.2 Å². The van der Waals surface area contributed by atoms with Crippen LogP contribution in [0.25, 0.3) is 0 Å². The Morgan fingerprint density at radius 3 is 1.50 bits per heavy atom. The Morgan fingerprint density at radius 1 is 0.800 bits per heavy atom. The third-order valence-corrected chi connectivity index (χ3v) is 3.49. The molecule has 106 valence electrons. The van der Waals surface area contributed by atoms with Crippen molar-refractivity contribution < 1.29 is 9.47 Å². The van der Waals surface area contributed by atoms with Gasteiger partial charge in [0.2, 0.25) is 0 Å². The first-order chi connectivity index (χ1) is 9.78. The summed E-state index contributed by atoms with van der Waals surface area (Å²) in [4.78, 5) is 0. The summed E-state index contributed by atoms with van der Waals surface area (Å²) >= 11 is 0. The highest BCUT2D eigenvalue weighted by atomic mass is 16.5. The molecule has 2 aromatic carbocycles. The molecule has 2 N–H and O–H groups in total. The van der Waals surface area contributed by atoms with E-state index in [0.717, 1.165) is 17.9 Å². The lowest BCUT2D eigenvalue weighted by Gasteiger charge is -2.18. The first-order valence-corrected chi connectivity index (χ1v) is 6.76. The van der Waals surface area contributed by atoms with E-state index in [1.54, 1.807) is 14.2 Å². The van der Waals surface area contributed by atoms with Gasteiger partial charge >= 0.3 is 0 Å². The van der Waals surface area contributed by atoms with Crippen LogP contribution in [0.1, 0.15) is 23.5 Å². The predicted octanol–water partition coefficient (Wildman–Crippen LogP) is 3.18. The molecule has 3 nitrogen and oxygen atoms in total. The molecule has 0 amide bonds. The second-order valence-electron chi connectivity index (χ2n) is 4.68. The summed E-state index contributed by atoms with van der Waals surface area (Å²) in [5.74, 6) is 2.04. The van der Waals surface area contributed by atoms with Crippen LogP contribution in [-0.4, -0.2) is 20.8 Å². The Kier molecular flexibility index (Phi) is 5.02. The van der Waals surface area contributed by atoms with Gasteiger partial charge in [0.25, 0.3) is 0 Å². The van der Waals surface area contributed by atoms with E-state index in [0.29, 0.717) is 12.5 Å². The molecule has 0 aliphatic rings. The second kappa shape index (κ2) is 6.96. The van der Waals surface area contributed by atoms with E-state index in [4.69, 9.17) is 15.2 Å². The Morgan fingerprint density at radius 2 is 1.20 bits per heavy atom. The molecule has 0 bridgehead atoms. The number of hydrogen-bond acceptors (Lipinski definition) is 3. The lowest BCUT2D eigenvalue weighted by molar-refractivity contribution is 0.414. The van der Waals surface area contributed by atoms with E-state index >= 15 is 0 Å². The zero-order chi connectivity index (χ0) is 14.4.